The Bertz CT molecular complexity index is 578. The molecule has 0 saturated carbocycles. The molecule has 0 radical (unpaired) electrons. The maximum Gasteiger partial charge on any atom is 0.257 e. The molecule has 1 heterocycles. The maximum absolute atomic E-state index is 11.6. The number of ether oxygens (including phenoxy) is 2. The van der Waals surface area contributed by atoms with Gasteiger partial charge in [-0.05, 0) is 31.2 Å². The molecule has 0 saturated heterocycles. The summed E-state index contributed by atoms with van der Waals surface area (Å²) in [6, 6.07) is 8.91. The Morgan fingerprint density at radius 1 is 1.29 bits per heavy atom. The fourth-order valence-electron chi connectivity index (χ4n) is 1.73. The third-order valence-electron chi connectivity index (χ3n) is 2.80. The molecule has 0 atom stereocenters. The van der Waals surface area contributed by atoms with Crippen molar-refractivity contribution in [2.24, 2.45) is 0 Å². The highest BCUT2D eigenvalue weighted by Crippen LogP contribution is 2.16. The monoisotopic (exact) mass is 290 g/mol. The van der Waals surface area contributed by atoms with E-state index in [1.54, 1.807) is 31.4 Å². The summed E-state index contributed by atoms with van der Waals surface area (Å²) in [6.45, 7) is 2.31. The first kappa shape index (κ1) is 14.9. The number of rotatable bonds is 7. The number of carbonyl (C=O) groups excluding carboxylic acids is 1. The van der Waals surface area contributed by atoms with Gasteiger partial charge in [0.2, 0.25) is 0 Å². The van der Waals surface area contributed by atoms with Crippen LogP contribution < -0.4 is 14.8 Å². The molecule has 2 rings (SSSR count). The summed E-state index contributed by atoms with van der Waals surface area (Å²) in [4.78, 5) is 11.6. The number of nitrogens with one attached hydrogen (secondary N) is 1. The van der Waals surface area contributed by atoms with Crippen molar-refractivity contribution in [1.82, 2.24) is 10.5 Å². The summed E-state index contributed by atoms with van der Waals surface area (Å²) in [5.74, 6) is 1.94. The minimum absolute atomic E-state index is 0.0260. The number of hydrogen-bond donors (Lipinski definition) is 1. The van der Waals surface area contributed by atoms with Gasteiger partial charge in [0.05, 0.1) is 12.8 Å². The van der Waals surface area contributed by atoms with Crippen LogP contribution in [0.1, 0.15) is 11.5 Å². The van der Waals surface area contributed by atoms with Crippen LogP contribution in [0.15, 0.2) is 34.9 Å². The molecule has 0 fully saturated rings. The third kappa shape index (κ3) is 4.83. The molecule has 0 aliphatic heterocycles. The molecule has 0 unspecified atom stereocenters. The average molecular weight is 290 g/mol. The molecule has 1 aromatic heterocycles. The number of nitrogens with zero attached hydrogens (tertiary/aromatic N) is 1. The van der Waals surface area contributed by atoms with Crippen molar-refractivity contribution in [2.45, 2.75) is 13.3 Å². The van der Waals surface area contributed by atoms with Crippen molar-refractivity contribution in [3.8, 4) is 11.5 Å². The quantitative estimate of drug-likeness (QED) is 0.840. The van der Waals surface area contributed by atoms with Crippen molar-refractivity contribution in [1.29, 1.82) is 0 Å². The lowest BCUT2D eigenvalue weighted by atomic mass is 10.3. The molecule has 0 aliphatic rings. The normalized spacial score (nSPS) is 10.2. The lowest BCUT2D eigenvalue weighted by molar-refractivity contribution is -0.123. The molecule has 112 valence electrons. The van der Waals surface area contributed by atoms with Gasteiger partial charge in [-0.15, -0.1) is 0 Å². The second-order valence-corrected chi connectivity index (χ2v) is 4.50. The Morgan fingerprint density at radius 3 is 2.62 bits per heavy atom. The fourth-order valence-corrected chi connectivity index (χ4v) is 1.73. The molecule has 2 aromatic rings. The van der Waals surface area contributed by atoms with Gasteiger partial charge in [0, 0.05) is 19.0 Å². The minimum Gasteiger partial charge on any atom is -0.497 e. The zero-order chi connectivity index (χ0) is 15.1. The predicted octanol–water partition coefficient (Wildman–Crippen LogP) is 1.73. The fraction of sp³-hybridized carbons (Fsp3) is 0.333. The van der Waals surface area contributed by atoms with Gasteiger partial charge in [-0.1, -0.05) is 5.16 Å². The molecule has 1 aromatic carbocycles. The number of amides is 1. The summed E-state index contributed by atoms with van der Waals surface area (Å²) < 4.78 is 15.5. The molecule has 1 N–H and O–H groups in total. The second-order valence-electron chi connectivity index (χ2n) is 4.50. The highest BCUT2D eigenvalue weighted by atomic mass is 16.5. The van der Waals surface area contributed by atoms with E-state index in [4.69, 9.17) is 14.0 Å². The highest BCUT2D eigenvalue weighted by Gasteiger charge is 2.05. The first-order valence-electron chi connectivity index (χ1n) is 6.63. The summed E-state index contributed by atoms with van der Waals surface area (Å²) in [7, 11) is 1.60. The Labute approximate surface area is 123 Å². The van der Waals surface area contributed by atoms with E-state index in [9.17, 15) is 4.79 Å². The lowest BCUT2D eigenvalue weighted by Gasteiger charge is -2.07. The van der Waals surface area contributed by atoms with E-state index in [0.29, 0.717) is 18.7 Å². The van der Waals surface area contributed by atoms with Crippen LogP contribution in [0.25, 0.3) is 0 Å². The van der Waals surface area contributed by atoms with Gasteiger partial charge in [0.15, 0.2) is 6.61 Å². The van der Waals surface area contributed by atoms with Gasteiger partial charge in [-0.25, -0.2) is 0 Å². The summed E-state index contributed by atoms with van der Waals surface area (Å²) in [5.41, 5.74) is 0.833. The van der Waals surface area contributed by atoms with Crippen LogP contribution in [0.5, 0.6) is 11.5 Å². The first-order chi connectivity index (χ1) is 10.2. The lowest BCUT2D eigenvalue weighted by Crippen LogP contribution is -2.30. The van der Waals surface area contributed by atoms with Crippen LogP contribution in [0.2, 0.25) is 0 Å². The van der Waals surface area contributed by atoms with E-state index < -0.39 is 0 Å². The summed E-state index contributed by atoms with van der Waals surface area (Å²) >= 11 is 0. The third-order valence-corrected chi connectivity index (χ3v) is 2.80. The number of aromatic nitrogens is 1. The van der Waals surface area contributed by atoms with E-state index in [1.165, 1.54) is 0 Å². The van der Waals surface area contributed by atoms with Crippen LogP contribution in [0.4, 0.5) is 0 Å². The predicted molar refractivity (Wildman–Crippen MR) is 76.4 cm³/mol. The summed E-state index contributed by atoms with van der Waals surface area (Å²) in [5, 5.41) is 6.54. The number of benzene rings is 1. The van der Waals surface area contributed by atoms with Gasteiger partial charge in [-0.2, -0.15) is 0 Å². The van der Waals surface area contributed by atoms with Crippen molar-refractivity contribution in [3.63, 3.8) is 0 Å². The molecule has 21 heavy (non-hydrogen) atoms. The topological polar surface area (TPSA) is 73.6 Å². The van der Waals surface area contributed by atoms with Gasteiger partial charge in [0.25, 0.3) is 5.91 Å². The Kier molecular flexibility index (Phi) is 5.20. The van der Waals surface area contributed by atoms with Crippen LogP contribution >= 0.6 is 0 Å². The Balaban J connectivity index is 1.67. The zero-order valence-electron chi connectivity index (χ0n) is 12.1. The molecule has 0 spiro atoms. The van der Waals surface area contributed by atoms with Crippen LogP contribution in [-0.4, -0.2) is 31.3 Å². The van der Waals surface area contributed by atoms with Crippen molar-refractivity contribution in [3.05, 3.63) is 41.8 Å². The number of carbonyl (C=O) groups is 1. The van der Waals surface area contributed by atoms with E-state index in [2.05, 4.69) is 10.5 Å². The first-order valence-corrected chi connectivity index (χ1v) is 6.63. The molecule has 1 amide bonds. The van der Waals surface area contributed by atoms with Gasteiger partial charge < -0.3 is 19.3 Å². The minimum atomic E-state index is -0.179. The molecule has 6 heteroatoms. The largest absolute Gasteiger partial charge is 0.497 e. The number of methoxy groups -OCH3 is 1. The van der Waals surface area contributed by atoms with Gasteiger partial charge in [-0.3, -0.25) is 4.79 Å². The SMILES string of the molecule is COc1ccc(OCC(=O)NCCc2cc(C)no2)cc1. The van der Waals surface area contributed by atoms with E-state index in [0.717, 1.165) is 17.2 Å². The Morgan fingerprint density at radius 2 is 2.00 bits per heavy atom. The van der Waals surface area contributed by atoms with E-state index in [1.807, 2.05) is 13.0 Å². The smallest absolute Gasteiger partial charge is 0.257 e. The Hall–Kier alpha value is -2.50. The van der Waals surface area contributed by atoms with E-state index in [-0.39, 0.29) is 12.5 Å². The zero-order valence-corrected chi connectivity index (χ0v) is 12.1. The van der Waals surface area contributed by atoms with E-state index >= 15 is 0 Å². The highest BCUT2D eigenvalue weighted by molar-refractivity contribution is 5.77. The average Bonchev–Trinajstić information content (AvgIpc) is 2.91. The summed E-state index contributed by atoms with van der Waals surface area (Å²) in [6.07, 6.45) is 0.606. The number of aryl methyl sites for hydroxylation is 1. The van der Waals surface area contributed by atoms with Crippen molar-refractivity contribution < 1.29 is 18.8 Å². The van der Waals surface area contributed by atoms with Gasteiger partial charge in [0.1, 0.15) is 17.3 Å². The van der Waals surface area contributed by atoms with Crippen molar-refractivity contribution >= 4 is 5.91 Å². The van der Waals surface area contributed by atoms with Crippen LogP contribution in [0.3, 0.4) is 0 Å². The van der Waals surface area contributed by atoms with Crippen molar-refractivity contribution in [2.75, 3.05) is 20.3 Å². The van der Waals surface area contributed by atoms with Crippen LogP contribution in [-0.2, 0) is 11.2 Å². The maximum atomic E-state index is 11.6. The second kappa shape index (κ2) is 7.33. The molecular weight excluding hydrogens is 272 g/mol. The van der Waals surface area contributed by atoms with Gasteiger partial charge >= 0.3 is 0 Å². The molecule has 6 nitrogen and oxygen atoms in total. The molecule has 0 bridgehead atoms. The molecular formula is C15H18N2O4. The number of hydrogen-bond acceptors (Lipinski definition) is 5. The van der Waals surface area contributed by atoms with Crippen LogP contribution in [0, 0.1) is 6.92 Å². The molecule has 0 aliphatic carbocycles. The standard InChI is InChI=1S/C15H18N2O4/c1-11-9-14(21-17-11)7-8-16-15(18)10-20-13-5-3-12(19-2)4-6-13/h3-6,9H,7-8,10H2,1-2H3,(H,16,18).